The average Bonchev–Trinajstić information content (AvgIpc) is 2.27. The molecule has 0 aliphatic carbocycles. The summed E-state index contributed by atoms with van der Waals surface area (Å²) in [6.07, 6.45) is 8.56. The van der Waals surface area contributed by atoms with Crippen molar-refractivity contribution in [1.29, 1.82) is 0 Å². The first-order valence-electron chi connectivity index (χ1n) is 7.79. The van der Waals surface area contributed by atoms with Crippen LogP contribution in [0, 0.1) is 5.41 Å². The molecule has 0 rings (SSSR count). The summed E-state index contributed by atoms with van der Waals surface area (Å²) in [6, 6.07) is 0. The molecule has 0 aromatic carbocycles. The van der Waals surface area contributed by atoms with Crippen LogP contribution in [0.2, 0.25) is 0 Å². The van der Waals surface area contributed by atoms with Crippen LogP contribution in [0.15, 0.2) is 0 Å². The maximum absolute atomic E-state index is 10.7. The van der Waals surface area contributed by atoms with Gasteiger partial charge >= 0.3 is 0 Å². The van der Waals surface area contributed by atoms with Crippen LogP contribution in [0.3, 0.4) is 0 Å². The Bertz CT molecular complexity index is 321. The molecule has 0 aromatic heterocycles. The largest absolute Gasteiger partial charge is 0.381 e. The molecular weight excluding hydrogens is 274 g/mol. The third-order valence-corrected chi connectivity index (χ3v) is 4.07. The fraction of sp³-hybridized carbons (Fsp3) is 1.00. The van der Waals surface area contributed by atoms with E-state index in [4.69, 9.17) is 9.88 Å². The molecule has 0 atom stereocenters. The van der Waals surface area contributed by atoms with E-state index in [9.17, 15) is 8.42 Å². The monoisotopic (exact) mass is 307 g/mol. The number of ether oxygens (including phenoxy) is 1. The molecule has 2 N–H and O–H groups in total. The van der Waals surface area contributed by atoms with Crippen molar-refractivity contribution in [3.05, 3.63) is 0 Å². The summed E-state index contributed by atoms with van der Waals surface area (Å²) in [6.45, 7) is 8.41. The van der Waals surface area contributed by atoms with Gasteiger partial charge in [0.25, 0.3) is 0 Å². The normalized spacial score (nSPS) is 12.8. The van der Waals surface area contributed by atoms with Crippen molar-refractivity contribution in [2.75, 3.05) is 19.0 Å². The van der Waals surface area contributed by atoms with Crippen LogP contribution in [0.1, 0.15) is 72.1 Å². The Labute approximate surface area is 125 Å². The van der Waals surface area contributed by atoms with Crippen LogP contribution in [0.4, 0.5) is 0 Å². The number of primary sulfonamides is 1. The molecule has 122 valence electrons. The summed E-state index contributed by atoms with van der Waals surface area (Å²) in [7, 11) is -3.26. The highest BCUT2D eigenvalue weighted by molar-refractivity contribution is 7.89. The van der Waals surface area contributed by atoms with E-state index in [0.717, 1.165) is 38.9 Å². The van der Waals surface area contributed by atoms with Gasteiger partial charge in [-0.05, 0) is 24.7 Å². The quantitative estimate of drug-likeness (QED) is 0.561. The Morgan fingerprint density at radius 3 is 1.85 bits per heavy atom. The number of sulfonamides is 1. The lowest BCUT2D eigenvalue weighted by Gasteiger charge is -2.17. The summed E-state index contributed by atoms with van der Waals surface area (Å²) in [5, 5.41) is 4.94. The fourth-order valence-corrected chi connectivity index (χ4v) is 2.48. The van der Waals surface area contributed by atoms with Gasteiger partial charge in [0.2, 0.25) is 10.0 Å². The fourth-order valence-electron chi connectivity index (χ4n) is 1.87. The van der Waals surface area contributed by atoms with Gasteiger partial charge in [-0.25, -0.2) is 13.6 Å². The third-order valence-electron chi connectivity index (χ3n) is 3.21. The van der Waals surface area contributed by atoms with E-state index in [1.807, 2.05) is 0 Å². The number of hydrogen-bond acceptors (Lipinski definition) is 3. The molecule has 0 aliphatic heterocycles. The zero-order valence-electron chi connectivity index (χ0n) is 13.5. The maximum Gasteiger partial charge on any atom is 0.209 e. The molecule has 0 amide bonds. The molecule has 0 heterocycles. The minimum atomic E-state index is -3.26. The van der Waals surface area contributed by atoms with Crippen molar-refractivity contribution < 1.29 is 13.2 Å². The van der Waals surface area contributed by atoms with Crippen LogP contribution in [-0.2, 0) is 14.8 Å². The van der Waals surface area contributed by atoms with E-state index < -0.39 is 10.0 Å². The number of rotatable bonds is 12. The number of unbranched alkanes of at least 4 members (excludes halogenated alkanes) is 6. The van der Waals surface area contributed by atoms with Gasteiger partial charge in [-0.15, -0.1) is 0 Å². The topological polar surface area (TPSA) is 69.4 Å². The Balaban J connectivity index is 3.14. The lowest BCUT2D eigenvalue weighted by molar-refractivity contribution is 0.105. The summed E-state index contributed by atoms with van der Waals surface area (Å²) in [5.74, 6) is 0.120. The van der Waals surface area contributed by atoms with Crippen LogP contribution < -0.4 is 5.14 Å². The van der Waals surface area contributed by atoms with E-state index in [-0.39, 0.29) is 5.75 Å². The lowest BCUT2D eigenvalue weighted by Crippen LogP contribution is -2.16. The van der Waals surface area contributed by atoms with Crippen LogP contribution in [-0.4, -0.2) is 27.4 Å². The first kappa shape index (κ1) is 19.9. The van der Waals surface area contributed by atoms with Crippen molar-refractivity contribution >= 4 is 10.0 Å². The van der Waals surface area contributed by atoms with Crippen molar-refractivity contribution in [3.63, 3.8) is 0 Å². The molecule has 20 heavy (non-hydrogen) atoms. The number of hydrogen-bond donors (Lipinski definition) is 1. The highest BCUT2D eigenvalue weighted by atomic mass is 32.2. The molecule has 0 aromatic rings. The van der Waals surface area contributed by atoms with Crippen molar-refractivity contribution in [1.82, 2.24) is 0 Å². The summed E-state index contributed by atoms with van der Waals surface area (Å²) < 4.78 is 27.0. The van der Waals surface area contributed by atoms with E-state index in [1.165, 1.54) is 19.3 Å². The molecule has 0 fully saturated rings. The standard InChI is InChI=1S/C15H33NO3S/c1-15(2,3)11-13-19-12-9-7-5-4-6-8-10-14-20(16,17)18/h4-14H2,1-3H3,(H2,16,17,18). The molecule has 0 radical (unpaired) electrons. The molecule has 5 heteroatoms. The van der Waals surface area contributed by atoms with E-state index >= 15 is 0 Å². The summed E-state index contributed by atoms with van der Waals surface area (Å²) >= 11 is 0. The minimum absolute atomic E-state index is 0.120. The number of nitrogens with two attached hydrogens (primary N) is 1. The molecule has 0 spiro atoms. The van der Waals surface area contributed by atoms with Gasteiger partial charge in [0, 0.05) is 13.2 Å². The molecule has 0 aliphatic rings. The van der Waals surface area contributed by atoms with E-state index in [0.29, 0.717) is 11.8 Å². The van der Waals surface area contributed by atoms with Gasteiger partial charge in [-0.2, -0.15) is 0 Å². The van der Waals surface area contributed by atoms with Gasteiger partial charge in [0.05, 0.1) is 5.75 Å². The Morgan fingerprint density at radius 2 is 1.35 bits per heavy atom. The van der Waals surface area contributed by atoms with Gasteiger partial charge < -0.3 is 4.74 Å². The molecule has 4 nitrogen and oxygen atoms in total. The Morgan fingerprint density at radius 1 is 0.850 bits per heavy atom. The van der Waals surface area contributed by atoms with Gasteiger partial charge in [-0.3, -0.25) is 0 Å². The molecule has 0 saturated heterocycles. The second-order valence-electron chi connectivity index (χ2n) is 6.76. The van der Waals surface area contributed by atoms with Crippen LogP contribution in [0.5, 0.6) is 0 Å². The van der Waals surface area contributed by atoms with Crippen molar-refractivity contribution in [2.45, 2.75) is 72.1 Å². The van der Waals surface area contributed by atoms with Crippen LogP contribution in [0.25, 0.3) is 0 Å². The molecule has 0 unspecified atom stereocenters. The minimum Gasteiger partial charge on any atom is -0.381 e. The van der Waals surface area contributed by atoms with E-state index in [2.05, 4.69) is 20.8 Å². The molecule has 0 saturated carbocycles. The molecule has 0 bridgehead atoms. The first-order chi connectivity index (χ1) is 9.21. The zero-order valence-corrected chi connectivity index (χ0v) is 14.3. The second-order valence-corrected chi connectivity index (χ2v) is 8.50. The Hall–Kier alpha value is -0.130. The Kier molecular flexibility index (Phi) is 10.5. The van der Waals surface area contributed by atoms with Gasteiger partial charge in [0.1, 0.15) is 0 Å². The second kappa shape index (κ2) is 10.6. The third kappa shape index (κ3) is 17.9. The van der Waals surface area contributed by atoms with Crippen molar-refractivity contribution in [3.8, 4) is 0 Å². The van der Waals surface area contributed by atoms with Crippen molar-refractivity contribution in [2.24, 2.45) is 10.6 Å². The predicted molar refractivity (Wildman–Crippen MR) is 85.2 cm³/mol. The SMILES string of the molecule is CC(C)(C)CCOCCCCCCCCCS(N)(=O)=O. The lowest BCUT2D eigenvalue weighted by atomic mass is 9.93. The summed E-state index contributed by atoms with van der Waals surface area (Å²) in [5.41, 5.74) is 0.358. The van der Waals surface area contributed by atoms with Gasteiger partial charge in [-0.1, -0.05) is 52.9 Å². The smallest absolute Gasteiger partial charge is 0.209 e. The highest BCUT2D eigenvalue weighted by Crippen LogP contribution is 2.18. The van der Waals surface area contributed by atoms with Gasteiger partial charge in [0.15, 0.2) is 0 Å². The maximum atomic E-state index is 10.7. The predicted octanol–water partition coefficient (Wildman–Crippen LogP) is 3.46. The molecular formula is C15H33NO3S. The van der Waals surface area contributed by atoms with E-state index in [1.54, 1.807) is 0 Å². The van der Waals surface area contributed by atoms with Crippen LogP contribution >= 0.6 is 0 Å². The highest BCUT2D eigenvalue weighted by Gasteiger charge is 2.08. The first-order valence-corrected chi connectivity index (χ1v) is 9.50. The summed E-state index contributed by atoms with van der Waals surface area (Å²) in [4.78, 5) is 0. The average molecular weight is 307 g/mol. The zero-order chi connectivity index (χ0) is 15.5.